The van der Waals surface area contributed by atoms with Gasteiger partial charge in [-0.2, -0.15) is 0 Å². The van der Waals surface area contributed by atoms with Gasteiger partial charge >= 0.3 is 0 Å². The van der Waals surface area contributed by atoms with Gasteiger partial charge in [-0.3, -0.25) is 0 Å². The van der Waals surface area contributed by atoms with Gasteiger partial charge in [0.1, 0.15) is 0 Å². The molecule has 0 amide bonds. The molecule has 0 saturated heterocycles. The topological polar surface area (TPSA) is 21.8 Å². The SMILES string of the molecule is CC.CC1=CCCC(N(c2ccc3c(c2)C2(c4cc(Nc5cccc(C)c5)ccc4-c4ccc(N(c5cccc(C)c5)C5C=C(C)C=CC5)cc42)c2cc(N(c4cccc(C)c4)c4cccc(C)c4)ccc2-3)C23C=CC=C(C)C2C3)=C1.Cc1ccccc1. The first kappa shape index (κ1) is 57.7. The van der Waals surface area contributed by atoms with Crippen LogP contribution in [-0.2, 0) is 5.41 Å². The zero-order valence-corrected chi connectivity index (χ0v) is 53.0. The highest BCUT2D eigenvalue weighted by molar-refractivity contribution is 5.99. The van der Waals surface area contributed by atoms with E-state index in [9.17, 15) is 0 Å². The number of aryl methyl sites for hydroxylation is 5. The van der Waals surface area contributed by atoms with Gasteiger partial charge in [0.15, 0.2) is 0 Å². The molecule has 4 heteroatoms. The van der Waals surface area contributed by atoms with Crippen LogP contribution in [0.25, 0.3) is 22.3 Å². The predicted octanol–water partition coefficient (Wildman–Crippen LogP) is 22.6. The standard InChI is InChI=1S/C75H68N4.C7H8.C2H6/c1-48-15-8-22-55(37-48)76-56-28-32-65-66-33-29-61(77(57-23-9-16-49(2)38-57)58-24-10-17-50(3)39-58)44-70(66)75(69(65)43-56)71-45-62(78(59-25-11-18-51(4)40-59)60-26-12-19-52(5)41-60)30-34-67(71)68-35-31-64(46-72(68)75)79(63-27-13-20-53(6)42-63)74-36-14-21-54(7)73(74)47-74;1-7-5-3-2-4-6-7;1-2/h8-12,14-23,25-26,28-46,58,73,76H,13,24,27,47H2,1-7H3;2-6H,1H3;1-2H3. The molecule has 1 spiro atoms. The van der Waals surface area contributed by atoms with Crippen LogP contribution in [0.3, 0.4) is 0 Å². The van der Waals surface area contributed by atoms with E-state index in [-0.39, 0.29) is 11.6 Å². The molecule has 6 aliphatic carbocycles. The molecule has 0 heterocycles. The van der Waals surface area contributed by atoms with E-state index >= 15 is 0 Å². The maximum absolute atomic E-state index is 3.91. The zero-order valence-electron chi connectivity index (χ0n) is 53.0. The van der Waals surface area contributed by atoms with E-state index in [1.165, 1.54) is 112 Å². The molecule has 4 nitrogen and oxygen atoms in total. The van der Waals surface area contributed by atoms with Gasteiger partial charge < -0.3 is 20.0 Å². The average molecular weight is 1150 g/mol. The van der Waals surface area contributed by atoms with Gasteiger partial charge in [0.25, 0.3) is 0 Å². The third-order valence-electron chi connectivity index (χ3n) is 18.8. The summed E-state index contributed by atoms with van der Waals surface area (Å²) in [6.07, 6.45) is 23.2. The van der Waals surface area contributed by atoms with Crippen molar-refractivity contribution in [1.82, 2.24) is 0 Å². The molecule has 0 bridgehead atoms. The minimum Gasteiger partial charge on any atom is -0.356 e. The molecule has 438 valence electrons. The summed E-state index contributed by atoms with van der Waals surface area (Å²) in [6, 6.07) is 75.8. The van der Waals surface area contributed by atoms with E-state index < -0.39 is 5.41 Å². The Labute approximate surface area is 524 Å². The average Bonchev–Trinajstić information content (AvgIpc) is 1.51. The molecule has 1 fully saturated rings. The van der Waals surface area contributed by atoms with Gasteiger partial charge in [-0.05, 0) is 251 Å². The maximum Gasteiger partial charge on any atom is 0.0728 e. The fourth-order valence-electron chi connectivity index (χ4n) is 14.9. The van der Waals surface area contributed by atoms with Crippen molar-refractivity contribution >= 4 is 45.5 Å². The fourth-order valence-corrected chi connectivity index (χ4v) is 14.9. The molecule has 0 aliphatic heterocycles. The number of hydrogen-bond acceptors (Lipinski definition) is 4. The summed E-state index contributed by atoms with van der Waals surface area (Å²) < 4.78 is 0. The van der Waals surface area contributed by atoms with Crippen LogP contribution in [0.4, 0.5) is 45.5 Å². The second-order valence-electron chi connectivity index (χ2n) is 25.2. The summed E-state index contributed by atoms with van der Waals surface area (Å²) in [7, 11) is 0. The number of rotatable bonds is 11. The van der Waals surface area contributed by atoms with E-state index in [0.29, 0.717) is 5.92 Å². The molecule has 9 aromatic carbocycles. The number of hydrogen-bond donors (Lipinski definition) is 1. The van der Waals surface area contributed by atoms with Crippen LogP contribution in [0, 0.1) is 40.5 Å². The minimum absolute atomic E-state index is 0.123. The molecular formula is C84H82N4. The van der Waals surface area contributed by atoms with Gasteiger partial charge in [0, 0.05) is 57.1 Å². The summed E-state index contributed by atoms with van der Waals surface area (Å²) in [5.74, 6) is 0.464. The van der Waals surface area contributed by atoms with Crippen molar-refractivity contribution < 1.29 is 0 Å². The number of nitrogens with zero attached hydrogens (tertiary/aromatic N) is 3. The first-order valence-electron chi connectivity index (χ1n) is 32.0. The smallest absolute Gasteiger partial charge is 0.0728 e. The Morgan fingerprint density at radius 1 is 0.466 bits per heavy atom. The third-order valence-corrected chi connectivity index (χ3v) is 18.8. The Hall–Kier alpha value is -9.38. The van der Waals surface area contributed by atoms with Crippen LogP contribution >= 0.6 is 0 Å². The van der Waals surface area contributed by atoms with Crippen LogP contribution in [0.5, 0.6) is 0 Å². The molecule has 9 aromatic rings. The van der Waals surface area contributed by atoms with Crippen LogP contribution in [0.15, 0.2) is 271 Å². The summed E-state index contributed by atoms with van der Waals surface area (Å²) in [4.78, 5) is 7.85. The van der Waals surface area contributed by atoms with E-state index in [0.717, 1.165) is 54.1 Å². The summed E-state index contributed by atoms with van der Waals surface area (Å²) in [5, 5.41) is 3.91. The lowest BCUT2D eigenvalue weighted by Crippen LogP contribution is -2.39. The zero-order chi connectivity index (χ0) is 60.8. The van der Waals surface area contributed by atoms with Gasteiger partial charge in [-0.15, -0.1) is 0 Å². The highest BCUT2D eigenvalue weighted by Gasteiger charge is 2.60. The van der Waals surface area contributed by atoms with Crippen LogP contribution in [0.1, 0.15) is 110 Å². The van der Waals surface area contributed by atoms with Gasteiger partial charge in [-0.25, -0.2) is 0 Å². The number of fused-ring (bicyclic) bond motifs is 11. The molecule has 1 saturated carbocycles. The van der Waals surface area contributed by atoms with Crippen LogP contribution in [-0.4, -0.2) is 11.6 Å². The molecule has 15 rings (SSSR count). The van der Waals surface area contributed by atoms with Crippen molar-refractivity contribution in [2.45, 2.75) is 112 Å². The fraction of sp³-hybridized carbons (Fsp3) is 0.214. The largest absolute Gasteiger partial charge is 0.356 e. The molecule has 0 aromatic heterocycles. The Kier molecular flexibility index (Phi) is 15.5. The van der Waals surface area contributed by atoms with Crippen molar-refractivity contribution in [3.63, 3.8) is 0 Å². The van der Waals surface area contributed by atoms with Crippen LogP contribution < -0.4 is 20.0 Å². The van der Waals surface area contributed by atoms with Crippen molar-refractivity contribution in [2.75, 3.05) is 20.0 Å². The van der Waals surface area contributed by atoms with Gasteiger partial charge in [-0.1, -0.05) is 182 Å². The number of benzene rings is 9. The van der Waals surface area contributed by atoms with Gasteiger partial charge in [0.2, 0.25) is 0 Å². The number of nitrogens with one attached hydrogen (secondary N) is 1. The monoisotopic (exact) mass is 1150 g/mol. The molecular weight excluding hydrogens is 1060 g/mol. The van der Waals surface area contributed by atoms with Crippen molar-refractivity contribution in [2.24, 2.45) is 5.92 Å². The summed E-state index contributed by atoms with van der Waals surface area (Å²) in [6.45, 7) is 21.7. The Morgan fingerprint density at radius 2 is 0.977 bits per heavy atom. The van der Waals surface area contributed by atoms with E-state index in [1.54, 1.807) is 0 Å². The number of anilines is 8. The van der Waals surface area contributed by atoms with E-state index in [1.807, 2.05) is 32.0 Å². The molecule has 4 unspecified atom stereocenters. The number of allylic oxidation sites excluding steroid dienone is 8. The predicted molar refractivity (Wildman–Crippen MR) is 376 cm³/mol. The highest BCUT2D eigenvalue weighted by Crippen LogP contribution is 2.66. The van der Waals surface area contributed by atoms with Crippen LogP contribution in [0.2, 0.25) is 0 Å². The van der Waals surface area contributed by atoms with Crippen molar-refractivity contribution in [1.29, 1.82) is 0 Å². The maximum atomic E-state index is 3.91. The highest BCUT2D eigenvalue weighted by atomic mass is 15.3. The van der Waals surface area contributed by atoms with Crippen molar-refractivity contribution in [3.8, 4) is 22.3 Å². The van der Waals surface area contributed by atoms with Gasteiger partial charge in [0.05, 0.1) is 17.0 Å². The second kappa shape index (κ2) is 23.7. The Balaban J connectivity index is 0.000000737. The molecule has 4 atom stereocenters. The first-order chi connectivity index (χ1) is 42.8. The molecule has 88 heavy (non-hydrogen) atoms. The molecule has 0 radical (unpaired) electrons. The second-order valence-corrected chi connectivity index (χ2v) is 25.2. The molecule has 6 aliphatic rings. The lowest BCUT2D eigenvalue weighted by atomic mass is 9.70. The normalized spacial score (nSPS) is 19.3. The lowest BCUT2D eigenvalue weighted by Gasteiger charge is -2.39. The third kappa shape index (κ3) is 10.5. The van der Waals surface area contributed by atoms with Crippen molar-refractivity contribution in [3.05, 3.63) is 321 Å². The summed E-state index contributed by atoms with van der Waals surface area (Å²) >= 11 is 0. The summed E-state index contributed by atoms with van der Waals surface area (Å²) in [5.41, 5.74) is 30.4. The Morgan fingerprint density at radius 3 is 1.58 bits per heavy atom. The van der Waals surface area contributed by atoms with E-state index in [2.05, 4.69) is 306 Å². The Bertz CT molecular complexity index is 4310. The quantitative estimate of drug-likeness (QED) is 0.139. The minimum atomic E-state index is -0.732. The molecule has 1 N–H and O–H groups in total. The lowest BCUT2D eigenvalue weighted by molar-refractivity contribution is 0.675. The van der Waals surface area contributed by atoms with E-state index in [4.69, 9.17) is 0 Å². The first-order valence-corrected chi connectivity index (χ1v) is 32.0.